The minimum Gasteiger partial charge on any atom is -0.457 e. The molecule has 0 amide bonds. The van der Waals surface area contributed by atoms with Gasteiger partial charge in [-0.05, 0) is 17.7 Å². The van der Waals surface area contributed by atoms with E-state index in [1.807, 2.05) is 78.9 Å². The maximum Gasteiger partial charge on any atom is 0.216 e. The lowest BCUT2D eigenvalue weighted by Crippen LogP contribution is -2.32. The molecule has 3 aromatic carbocycles. The van der Waals surface area contributed by atoms with E-state index in [1.54, 1.807) is 0 Å². The molecule has 126 valence electrons. The van der Waals surface area contributed by atoms with E-state index in [-0.39, 0.29) is 5.75 Å². The lowest BCUT2D eigenvalue weighted by atomic mass is 9.95. The van der Waals surface area contributed by atoms with Crippen molar-refractivity contribution in [2.75, 3.05) is 0 Å². The van der Waals surface area contributed by atoms with Crippen molar-refractivity contribution >= 4 is 10.0 Å². The second-order valence-corrected chi connectivity index (χ2v) is 7.73. The van der Waals surface area contributed by atoms with Gasteiger partial charge in [-0.15, -0.1) is 0 Å². The number of para-hydroxylation sites is 2. The Bertz CT molecular complexity index is 955. The van der Waals surface area contributed by atoms with Crippen molar-refractivity contribution in [2.45, 2.75) is 11.8 Å². The maximum atomic E-state index is 12.7. The summed E-state index contributed by atoms with van der Waals surface area (Å²) in [7, 11) is -3.53. The van der Waals surface area contributed by atoms with E-state index >= 15 is 0 Å². The van der Waals surface area contributed by atoms with Crippen LogP contribution in [0.2, 0.25) is 0 Å². The smallest absolute Gasteiger partial charge is 0.216 e. The molecule has 0 radical (unpaired) electrons. The van der Waals surface area contributed by atoms with Crippen LogP contribution in [0.25, 0.3) is 0 Å². The molecule has 1 heterocycles. The molecule has 0 atom stereocenters. The summed E-state index contributed by atoms with van der Waals surface area (Å²) < 4.78 is 34.2. The SMILES string of the molecule is O=S(=O)(Cc1ccccc1)NC1c2ccccc2Oc2ccccc21. The molecule has 25 heavy (non-hydrogen) atoms. The molecule has 0 aromatic heterocycles. The molecule has 0 aliphatic carbocycles. The van der Waals surface area contributed by atoms with Gasteiger partial charge < -0.3 is 4.74 Å². The first-order chi connectivity index (χ1) is 12.1. The van der Waals surface area contributed by atoms with E-state index in [9.17, 15) is 8.42 Å². The van der Waals surface area contributed by atoms with Crippen molar-refractivity contribution in [3.63, 3.8) is 0 Å². The van der Waals surface area contributed by atoms with Crippen molar-refractivity contribution in [1.82, 2.24) is 4.72 Å². The molecule has 0 spiro atoms. The summed E-state index contributed by atoms with van der Waals surface area (Å²) in [5.74, 6) is 1.29. The van der Waals surface area contributed by atoms with E-state index in [2.05, 4.69) is 4.72 Å². The van der Waals surface area contributed by atoms with Crippen LogP contribution in [0.3, 0.4) is 0 Å². The third-order valence-electron chi connectivity index (χ3n) is 4.18. The highest BCUT2D eigenvalue weighted by atomic mass is 32.2. The molecule has 0 saturated heterocycles. The van der Waals surface area contributed by atoms with Gasteiger partial charge in [-0.3, -0.25) is 0 Å². The normalized spacial score (nSPS) is 13.6. The minimum atomic E-state index is -3.53. The van der Waals surface area contributed by atoms with Crippen LogP contribution in [-0.4, -0.2) is 8.42 Å². The summed E-state index contributed by atoms with van der Waals surface area (Å²) in [5.41, 5.74) is 2.39. The highest BCUT2D eigenvalue weighted by Crippen LogP contribution is 2.42. The minimum absolute atomic E-state index is 0.0600. The molecule has 0 unspecified atom stereocenters. The van der Waals surface area contributed by atoms with Gasteiger partial charge in [0.1, 0.15) is 11.5 Å². The predicted molar refractivity (Wildman–Crippen MR) is 97.0 cm³/mol. The summed E-state index contributed by atoms with van der Waals surface area (Å²) in [4.78, 5) is 0. The highest BCUT2D eigenvalue weighted by molar-refractivity contribution is 7.88. The van der Waals surface area contributed by atoms with Crippen LogP contribution >= 0.6 is 0 Å². The zero-order chi connectivity index (χ0) is 17.3. The average molecular weight is 351 g/mol. The van der Waals surface area contributed by atoms with Crippen LogP contribution < -0.4 is 9.46 Å². The van der Waals surface area contributed by atoms with E-state index in [1.165, 1.54) is 0 Å². The second-order valence-electron chi connectivity index (χ2n) is 5.97. The molecule has 4 rings (SSSR count). The van der Waals surface area contributed by atoms with Crippen LogP contribution in [0.4, 0.5) is 0 Å². The summed E-state index contributed by atoms with van der Waals surface area (Å²) in [6, 6.07) is 23.7. The molecule has 4 nitrogen and oxygen atoms in total. The topological polar surface area (TPSA) is 55.4 Å². The zero-order valence-electron chi connectivity index (χ0n) is 13.4. The van der Waals surface area contributed by atoms with Gasteiger partial charge in [0.15, 0.2) is 0 Å². The van der Waals surface area contributed by atoms with E-state index < -0.39 is 16.1 Å². The van der Waals surface area contributed by atoms with Gasteiger partial charge in [0.05, 0.1) is 11.8 Å². The van der Waals surface area contributed by atoms with Crippen molar-refractivity contribution < 1.29 is 13.2 Å². The van der Waals surface area contributed by atoms with Gasteiger partial charge in [-0.25, -0.2) is 13.1 Å². The molecular weight excluding hydrogens is 334 g/mol. The van der Waals surface area contributed by atoms with E-state index in [0.29, 0.717) is 11.5 Å². The molecule has 3 aromatic rings. The molecule has 0 saturated carbocycles. The Hall–Kier alpha value is -2.63. The number of sulfonamides is 1. The van der Waals surface area contributed by atoms with Gasteiger partial charge >= 0.3 is 0 Å². The van der Waals surface area contributed by atoms with E-state index in [0.717, 1.165) is 16.7 Å². The van der Waals surface area contributed by atoms with Crippen LogP contribution in [0.5, 0.6) is 11.5 Å². The Morgan fingerprint density at radius 3 is 1.88 bits per heavy atom. The lowest BCUT2D eigenvalue weighted by Gasteiger charge is -2.28. The summed E-state index contributed by atoms with van der Waals surface area (Å²) in [5, 5.41) is 0. The van der Waals surface area contributed by atoms with Crippen molar-refractivity contribution in [3.05, 3.63) is 95.6 Å². The Labute approximate surface area is 147 Å². The number of nitrogens with one attached hydrogen (secondary N) is 1. The molecule has 1 N–H and O–H groups in total. The predicted octanol–water partition coefficient (Wildman–Crippen LogP) is 4.00. The largest absolute Gasteiger partial charge is 0.457 e. The van der Waals surface area contributed by atoms with Gasteiger partial charge in [0.25, 0.3) is 0 Å². The zero-order valence-corrected chi connectivity index (χ0v) is 14.2. The monoisotopic (exact) mass is 351 g/mol. The number of hydrogen-bond acceptors (Lipinski definition) is 3. The summed E-state index contributed by atoms with van der Waals surface area (Å²) in [6.07, 6.45) is 0. The van der Waals surface area contributed by atoms with Crippen LogP contribution in [0, 0.1) is 0 Å². The number of fused-ring (bicyclic) bond motifs is 2. The van der Waals surface area contributed by atoms with Crippen LogP contribution in [0.1, 0.15) is 22.7 Å². The standard InChI is InChI=1S/C20H17NO3S/c22-25(23,14-15-8-2-1-3-9-15)21-20-16-10-4-6-12-18(16)24-19-13-7-5-11-17(19)20/h1-13,20-21H,14H2. The first-order valence-corrected chi connectivity index (χ1v) is 9.67. The Morgan fingerprint density at radius 1 is 0.760 bits per heavy atom. The Morgan fingerprint density at radius 2 is 1.28 bits per heavy atom. The molecule has 0 fully saturated rings. The molecule has 0 bridgehead atoms. The van der Waals surface area contributed by atoms with Gasteiger partial charge in [0, 0.05) is 11.1 Å². The quantitative estimate of drug-likeness (QED) is 0.773. The van der Waals surface area contributed by atoms with Crippen LogP contribution in [-0.2, 0) is 15.8 Å². The van der Waals surface area contributed by atoms with Gasteiger partial charge in [-0.2, -0.15) is 0 Å². The summed E-state index contributed by atoms with van der Waals surface area (Å²) >= 11 is 0. The molecular formula is C20H17NO3S. The van der Waals surface area contributed by atoms with Gasteiger partial charge in [-0.1, -0.05) is 66.7 Å². The first kappa shape index (κ1) is 15.9. The number of ether oxygens (including phenoxy) is 1. The lowest BCUT2D eigenvalue weighted by molar-refractivity contribution is 0.440. The Kier molecular flexibility index (Phi) is 4.03. The summed E-state index contributed by atoms with van der Waals surface area (Å²) in [6.45, 7) is 0. The third kappa shape index (κ3) is 3.29. The molecule has 5 heteroatoms. The second kappa shape index (κ2) is 6.35. The molecule has 1 aliphatic rings. The Balaban J connectivity index is 1.70. The van der Waals surface area contributed by atoms with Crippen molar-refractivity contribution in [3.8, 4) is 11.5 Å². The number of rotatable bonds is 4. The number of benzene rings is 3. The molecule has 1 aliphatic heterocycles. The third-order valence-corrected chi connectivity index (χ3v) is 5.49. The number of hydrogen-bond donors (Lipinski definition) is 1. The fraction of sp³-hybridized carbons (Fsp3) is 0.100. The fourth-order valence-corrected chi connectivity index (χ4v) is 4.38. The highest BCUT2D eigenvalue weighted by Gasteiger charge is 2.30. The average Bonchev–Trinajstić information content (AvgIpc) is 2.62. The van der Waals surface area contributed by atoms with E-state index in [4.69, 9.17) is 4.74 Å². The fourth-order valence-electron chi connectivity index (χ4n) is 3.05. The van der Waals surface area contributed by atoms with Gasteiger partial charge in [0.2, 0.25) is 10.0 Å². The first-order valence-electron chi connectivity index (χ1n) is 8.02. The maximum absolute atomic E-state index is 12.7. The van der Waals surface area contributed by atoms with Crippen LogP contribution in [0.15, 0.2) is 78.9 Å². The van der Waals surface area contributed by atoms with Crippen molar-refractivity contribution in [2.24, 2.45) is 0 Å². The van der Waals surface area contributed by atoms with Crippen molar-refractivity contribution in [1.29, 1.82) is 0 Å².